The second-order valence-corrected chi connectivity index (χ2v) is 5.97. The molecule has 0 fully saturated rings. The molecule has 7 heteroatoms. The van der Waals surface area contributed by atoms with Gasteiger partial charge in [0.05, 0.1) is 0 Å². The van der Waals surface area contributed by atoms with Gasteiger partial charge in [-0.05, 0) is 36.8 Å². The molecule has 0 saturated heterocycles. The molecule has 1 heterocycles. The number of aryl methyl sites for hydroxylation is 1. The monoisotopic (exact) mass is 364 g/mol. The van der Waals surface area contributed by atoms with E-state index in [1.54, 1.807) is 32.2 Å². The normalized spacial score (nSPS) is 10.4. The second kappa shape index (κ2) is 8.27. The summed E-state index contributed by atoms with van der Waals surface area (Å²) in [5.74, 6) is 0.453. The summed E-state index contributed by atoms with van der Waals surface area (Å²) in [6, 6.07) is 14.7. The van der Waals surface area contributed by atoms with Gasteiger partial charge in [0, 0.05) is 36.7 Å². The average molecular weight is 364 g/mol. The molecule has 0 atom stereocenters. The summed E-state index contributed by atoms with van der Waals surface area (Å²) in [5, 5.41) is 13.4. The van der Waals surface area contributed by atoms with E-state index >= 15 is 0 Å². The summed E-state index contributed by atoms with van der Waals surface area (Å²) in [6.45, 7) is 1.80. The summed E-state index contributed by atoms with van der Waals surface area (Å²) in [4.78, 5) is 24.1. The Balaban J connectivity index is 1.61. The van der Waals surface area contributed by atoms with E-state index < -0.39 is 0 Å². The van der Waals surface area contributed by atoms with Crippen LogP contribution >= 0.6 is 0 Å². The summed E-state index contributed by atoms with van der Waals surface area (Å²) >= 11 is 0. The zero-order valence-electron chi connectivity index (χ0n) is 15.2. The van der Waals surface area contributed by atoms with Crippen molar-refractivity contribution in [3.8, 4) is 11.5 Å². The number of nitrogens with one attached hydrogen (secondary N) is 2. The fourth-order valence-electron chi connectivity index (χ4n) is 2.64. The van der Waals surface area contributed by atoms with Gasteiger partial charge in [-0.2, -0.15) is 0 Å². The number of anilines is 1. The van der Waals surface area contributed by atoms with Gasteiger partial charge in [0.1, 0.15) is 0 Å². The highest BCUT2D eigenvalue weighted by atomic mass is 16.4. The van der Waals surface area contributed by atoms with Gasteiger partial charge >= 0.3 is 0 Å². The third kappa shape index (κ3) is 4.38. The minimum Gasteiger partial charge on any atom is -0.421 e. The number of benzene rings is 2. The van der Waals surface area contributed by atoms with Crippen LogP contribution in [0.5, 0.6) is 0 Å². The van der Waals surface area contributed by atoms with Gasteiger partial charge in [-0.25, -0.2) is 0 Å². The number of nitrogens with zero attached hydrogens (tertiary/aromatic N) is 2. The molecule has 0 aliphatic heterocycles. The minimum absolute atomic E-state index is 0.188. The third-order valence-electron chi connectivity index (χ3n) is 4.13. The van der Waals surface area contributed by atoms with Crippen molar-refractivity contribution in [1.29, 1.82) is 0 Å². The van der Waals surface area contributed by atoms with Gasteiger partial charge in [-0.1, -0.05) is 24.3 Å². The van der Waals surface area contributed by atoms with Crippen molar-refractivity contribution in [2.24, 2.45) is 0 Å². The first-order chi connectivity index (χ1) is 13.1. The quantitative estimate of drug-likeness (QED) is 0.701. The molecule has 0 radical (unpaired) electrons. The summed E-state index contributed by atoms with van der Waals surface area (Å²) in [7, 11) is 1.57. The Labute approximate surface area is 156 Å². The molecule has 7 nitrogen and oxygen atoms in total. The summed E-state index contributed by atoms with van der Waals surface area (Å²) < 4.78 is 5.60. The maximum Gasteiger partial charge on any atom is 0.251 e. The van der Waals surface area contributed by atoms with Gasteiger partial charge in [-0.15, -0.1) is 10.2 Å². The van der Waals surface area contributed by atoms with Crippen molar-refractivity contribution in [3.05, 3.63) is 65.5 Å². The SMILES string of the molecule is CNC(=O)c1cccc(NC(=O)CCc2nnc(-c3ccccc3)o2)c1C. The standard InChI is InChI=1S/C20H20N4O3/c1-13-15(19(26)21-2)9-6-10-16(13)22-17(25)11-12-18-23-24-20(27-18)14-7-4-3-5-8-14/h3-10H,11-12H2,1-2H3,(H,21,26)(H,22,25). The zero-order valence-corrected chi connectivity index (χ0v) is 15.2. The Hall–Kier alpha value is -3.48. The van der Waals surface area contributed by atoms with Crippen LogP contribution in [0.3, 0.4) is 0 Å². The van der Waals surface area contributed by atoms with Crippen LogP contribution in [0.4, 0.5) is 5.69 Å². The van der Waals surface area contributed by atoms with Crippen molar-refractivity contribution in [1.82, 2.24) is 15.5 Å². The number of carbonyl (C=O) groups is 2. The van der Waals surface area contributed by atoms with Crippen molar-refractivity contribution in [2.45, 2.75) is 19.8 Å². The molecule has 1 aromatic heterocycles. The number of hydrogen-bond acceptors (Lipinski definition) is 5. The third-order valence-corrected chi connectivity index (χ3v) is 4.13. The second-order valence-electron chi connectivity index (χ2n) is 5.97. The highest BCUT2D eigenvalue weighted by Crippen LogP contribution is 2.20. The lowest BCUT2D eigenvalue weighted by Crippen LogP contribution is -2.20. The van der Waals surface area contributed by atoms with Gasteiger partial charge in [0.15, 0.2) is 0 Å². The van der Waals surface area contributed by atoms with Crippen LogP contribution in [-0.2, 0) is 11.2 Å². The molecule has 3 aromatic rings. The van der Waals surface area contributed by atoms with Crippen LogP contribution in [0.15, 0.2) is 52.9 Å². The summed E-state index contributed by atoms with van der Waals surface area (Å²) in [5.41, 5.74) is 2.69. The van der Waals surface area contributed by atoms with Crippen LogP contribution < -0.4 is 10.6 Å². The Bertz CT molecular complexity index is 951. The van der Waals surface area contributed by atoms with Crippen molar-refractivity contribution >= 4 is 17.5 Å². The van der Waals surface area contributed by atoms with E-state index in [-0.39, 0.29) is 18.2 Å². The molecule has 0 aliphatic rings. The first-order valence-electron chi connectivity index (χ1n) is 8.58. The number of rotatable bonds is 6. The molecule has 2 amide bonds. The first kappa shape index (κ1) is 18.3. The Kier molecular flexibility index (Phi) is 5.61. The van der Waals surface area contributed by atoms with Crippen molar-refractivity contribution in [3.63, 3.8) is 0 Å². The molecular weight excluding hydrogens is 344 g/mol. The lowest BCUT2D eigenvalue weighted by molar-refractivity contribution is -0.116. The molecule has 2 aromatic carbocycles. The topological polar surface area (TPSA) is 97.1 Å². The number of hydrogen-bond donors (Lipinski definition) is 2. The van der Waals surface area contributed by atoms with Crippen LogP contribution in [0, 0.1) is 6.92 Å². The van der Waals surface area contributed by atoms with E-state index in [1.807, 2.05) is 30.3 Å². The molecule has 0 aliphatic carbocycles. The minimum atomic E-state index is -0.192. The van der Waals surface area contributed by atoms with E-state index in [2.05, 4.69) is 20.8 Å². The van der Waals surface area contributed by atoms with Crippen LogP contribution in [0.2, 0.25) is 0 Å². The maximum atomic E-state index is 12.3. The highest BCUT2D eigenvalue weighted by Gasteiger charge is 2.14. The molecule has 2 N–H and O–H groups in total. The van der Waals surface area contributed by atoms with E-state index in [4.69, 9.17) is 4.42 Å². The Morgan fingerprint density at radius 1 is 1.04 bits per heavy atom. The number of carbonyl (C=O) groups excluding carboxylic acids is 2. The number of aromatic nitrogens is 2. The van der Waals surface area contributed by atoms with Crippen molar-refractivity contribution < 1.29 is 14.0 Å². The van der Waals surface area contributed by atoms with Gasteiger partial charge in [0.25, 0.3) is 5.91 Å². The molecule has 138 valence electrons. The molecule has 0 bridgehead atoms. The van der Waals surface area contributed by atoms with Crippen LogP contribution in [0.1, 0.15) is 28.2 Å². The molecule has 0 spiro atoms. The average Bonchev–Trinajstić information content (AvgIpc) is 3.17. The predicted octanol–water partition coefficient (Wildman–Crippen LogP) is 2.98. The first-order valence-corrected chi connectivity index (χ1v) is 8.58. The maximum absolute atomic E-state index is 12.3. The van der Waals surface area contributed by atoms with E-state index in [1.165, 1.54) is 0 Å². The summed E-state index contributed by atoms with van der Waals surface area (Å²) in [6.07, 6.45) is 0.528. The predicted molar refractivity (Wildman–Crippen MR) is 101 cm³/mol. The van der Waals surface area contributed by atoms with Gasteiger partial charge in [0.2, 0.25) is 17.7 Å². The lowest BCUT2D eigenvalue weighted by atomic mass is 10.1. The van der Waals surface area contributed by atoms with Gasteiger partial charge < -0.3 is 15.1 Å². The molecule has 3 rings (SSSR count). The van der Waals surface area contributed by atoms with E-state index in [9.17, 15) is 9.59 Å². The number of amides is 2. The Morgan fingerprint density at radius 3 is 2.56 bits per heavy atom. The van der Waals surface area contributed by atoms with E-state index in [0.717, 1.165) is 5.56 Å². The van der Waals surface area contributed by atoms with Crippen LogP contribution in [0.25, 0.3) is 11.5 Å². The van der Waals surface area contributed by atoms with E-state index in [0.29, 0.717) is 35.0 Å². The molecule has 27 heavy (non-hydrogen) atoms. The largest absolute Gasteiger partial charge is 0.421 e. The zero-order chi connectivity index (χ0) is 19.2. The molecular formula is C20H20N4O3. The smallest absolute Gasteiger partial charge is 0.251 e. The van der Waals surface area contributed by atoms with Gasteiger partial charge in [-0.3, -0.25) is 9.59 Å². The molecule has 0 saturated carbocycles. The fraction of sp³-hybridized carbons (Fsp3) is 0.200. The Morgan fingerprint density at radius 2 is 1.81 bits per heavy atom. The lowest BCUT2D eigenvalue weighted by Gasteiger charge is -2.11. The fourth-order valence-corrected chi connectivity index (χ4v) is 2.64. The highest BCUT2D eigenvalue weighted by molar-refractivity contribution is 5.99. The van der Waals surface area contributed by atoms with Crippen molar-refractivity contribution in [2.75, 3.05) is 12.4 Å². The van der Waals surface area contributed by atoms with Crippen LogP contribution in [-0.4, -0.2) is 29.1 Å². The molecule has 0 unspecified atom stereocenters.